The molecule has 0 fully saturated rings. The van der Waals surface area contributed by atoms with Crippen molar-refractivity contribution >= 4 is 78.7 Å². The largest absolute Gasteiger partial charge is 0.494 e. The van der Waals surface area contributed by atoms with Gasteiger partial charge in [-0.1, -0.05) is 29.3 Å². The first-order valence-corrected chi connectivity index (χ1v) is 17.9. The van der Waals surface area contributed by atoms with Crippen LogP contribution in [0, 0.1) is 0 Å². The summed E-state index contributed by atoms with van der Waals surface area (Å²) in [5, 5.41) is 5.05. The fourth-order valence-corrected chi connectivity index (χ4v) is 7.02. The predicted molar refractivity (Wildman–Crippen MR) is 188 cm³/mol. The van der Waals surface area contributed by atoms with Crippen LogP contribution < -0.4 is 23.9 Å². The summed E-state index contributed by atoms with van der Waals surface area (Å²) >= 11 is 17.2. The Kier molecular flexibility index (Phi) is 12.6. The van der Waals surface area contributed by atoms with Crippen LogP contribution in [0.25, 0.3) is 0 Å². The number of sulfonamides is 1. The van der Waals surface area contributed by atoms with Crippen LogP contribution in [0.4, 0.5) is 5.69 Å². The van der Waals surface area contributed by atoms with Crippen molar-refractivity contribution in [2.45, 2.75) is 23.3 Å². The van der Waals surface area contributed by atoms with Gasteiger partial charge in [0.05, 0.1) is 35.0 Å². The number of rotatable bonds is 14. The molecule has 0 spiro atoms. The van der Waals surface area contributed by atoms with E-state index in [-0.39, 0.29) is 11.5 Å². The van der Waals surface area contributed by atoms with Gasteiger partial charge in [0, 0.05) is 20.5 Å². The van der Waals surface area contributed by atoms with Crippen molar-refractivity contribution in [1.82, 2.24) is 5.43 Å². The Bertz CT molecular complexity index is 1810. The lowest BCUT2D eigenvalue weighted by Gasteiger charge is -2.24. The first kappa shape index (κ1) is 35.4. The van der Waals surface area contributed by atoms with Crippen LogP contribution in [0.3, 0.4) is 0 Å². The van der Waals surface area contributed by atoms with Gasteiger partial charge in [0.25, 0.3) is 15.9 Å². The fourth-order valence-electron chi connectivity index (χ4n) is 4.15. The van der Waals surface area contributed by atoms with E-state index in [0.29, 0.717) is 49.6 Å². The quantitative estimate of drug-likeness (QED) is 0.0793. The summed E-state index contributed by atoms with van der Waals surface area (Å²) in [5.41, 5.74) is 4.03. The number of hydrogen-bond donors (Lipinski definition) is 1. The minimum Gasteiger partial charge on any atom is -0.494 e. The molecule has 46 heavy (non-hydrogen) atoms. The maximum atomic E-state index is 13.7. The number of ether oxygens (including phenoxy) is 3. The minimum atomic E-state index is -4.11. The zero-order valence-corrected chi connectivity index (χ0v) is 29.7. The van der Waals surface area contributed by atoms with E-state index in [0.717, 1.165) is 14.8 Å². The van der Waals surface area contributed by atoms with Crippen LogP contribution in [-0.4, -0.2) is 47.1 Å². The van der Waals surface area contributed by atoms with E-state index in [2.05, 4.69) is 26.5 Å². The third kappa shape index (κ3) is 9.10. The summed E-state index contributed by atoms with van der Waals surface area (Å²) < 4.78 is 46.0. The van der Waals surface area contributed by atoms with Gasteiger partial charge in [-0.2, -0.15) is 5.10 Å². The Hall–Kier alpha value is -3.42. The van der Waals surface area contributed by atoms with Gasteiger partial charge >= 0.3 is 0 Å². The van der Waals surface area contributed by atoms with Crippen molar-refractivity contribution in [3.8, 4) is 17.2 Å². The summed E-state index contributed by atoms with van der Waals surface area (Å²) in [5.74, 6) is 0.776. The SMILES string of the molecule is CCOc1ccc(N(CC(=O)N/N=C/c2cc(Br)c(OCc3ccc(Cl)cc3Cl)c(OC)c2)S(=O)(=O)c2ccc(SC)cc2)cc1. The lowest BCUT2D eigenvalue weighted by molar-refractivity contribution is -0.119. The maximum absolute atomic E-state index is 13.7. The van der Waals surface area contributed by atoms with Crippen LogP contribution in [0.1, 0.15) is 18.1 Å². The van der Waals surface area contributed by atoms with Gasteiger partial charge in [-0.25, -0.2) is 13.8 Å². The first-order chi connectivity index (χ1) is 22.0. The molecule has 242 valence electrons. The molecular formula is C32H30BrCl2N3O6S2. The number of hydrogen-bond acceptors (Lipinski definition) is 8. The number of halogens is 3. The van der Waals surface area contributed by atoms with E-state index in [4.69, 9.17) is 37.4 Å². The van der Waals surface area contributed by atoms with E-state index in [1.54, 1.807) is 66.7 Å². The lowest BCUT2D eigenvalue weighted by Crippen LogP contribution is -2.39. The highest BCUT2D eigenvalue weighted by Crippen LogP contribution is 2.37. The molecule has 0 saturated heterocycles. The predicted octanol–water partition coefficient (Wildman–Crippen LogP) is 7.81. The monoisotopic (exact) mass is 765 g/mol. The topological polar surface area (TPSA) is 107 Å². The highest BCUT2D eigenvalue weighted by atomic mass is 79.9. The number of nitrogens with one attached hydrogen (secondary N) is 1. The molecule has 4 aromatic carbocycles. The average molecular weight is 768 g/mol. The molecule has 0 atom stereocenters. The smallest absolute Gasteiger partial charge is 0.264 e. The molecule has 0 aliphatic heterocycles. The van der Waals surface area contributed by atoms with Crippen LogP contribution in [0.5, 0.6) is 17.2 Å². The van der Waals surface area contributed by atoms with Gasteiger partial charge in [0.1, 0.15) is 18.9 Å². The molecule has 0 aromatic heterocycles. The third-order valence-electron chi connectivity index (χ3n) is 6.41. The number of benzene rings is 4. The Morgan fingerprint density at radius 2 is 1.74 bits per heavy atom. The van der Waals surface area contributed by atoms with E-state index >= 15 is 0 Å². The average Bonchev–Trinajstić information content (AvgIpc) is 3.04. The molecule has 0 radical (unpaired) electrons. The number of anilines is 1. The van der Waals surface area contributed by atoms with Crippen molar-refractivity contribution in [2.75, 3.05) is 30.8 Å². The van der Waals surface area contributed by atoms with Gasteiger partial charge in [-0.15, -0.1) is 11.8 Å². The normalized spacial score (nSPS) is 11.3. The van der Waals surface area contributed by atoms with Gasteiger partial charge < -0.3 is 14.2 Å². The second kappa shape index (κ2) is 16.4. The number of carbonyl (C=O) groups is 1. The molecule has 9 nitrogen and oxygen atoms in total. The number of thioether (sulfide) groups is 1. The summed E-state index contributed by atoms with van der Waals surface area (Å²) in [7, 11) is -2.61. The van der Waals surface area contributed by atoms with Crippen molar-refractivity contribution < 1.29 is 27.4 Å². The molecule has 4 rings (SSSR count). The van der Waals surface area contributed by atoms with E-state index in [1.807, 2.05) is 13.2 Å². The number of nitrogens with zero attached hydrogens (tertiary/aromatic N) is 2. The van der Waals surface area contributed by atoms with Crippen molar-refractivity contribution in [2.24, 2.45) is 5.10 Å². The number of amides is 1. The molecule has 1 N–H and O–H groups in total. The molecule has 14 heteroatoms. The van der Waals surface area contributed by atoms with Crippen LogP contribution in [0.15, 0.2) is 98.2 Å². The Labute approximate surface area is 291 Å². The van der Waals surface area contributed by atoms with Crippen molar-refractivity contribution in [3.05, 3.63) is 105 Å². The summed E-state index contributed by atoms with van der Waals surface area (Å²) in [6.45, 7) is 1.96. The lowest BCUT2D eigenvalue weighted by atomic mass is 10.2. The molecule has 0 unspecified atom stereocenters. The summed E-state index contributed by atoms with van der Waals surface area (Å²) in [6, 6.07) is 21.5. The van der Waals surface area contributed by atoms with Crippen LogP contribution in [0.2, 0.25) is 10.0 Å². The van der Waals surface area contributed by atoms with Crippen LogP contribution in [-0.2, 0) is 21.4 Å². The minimum absolute atomic E-state index is 0.0491. The molecular weight excluding hydrogens is 737 g/mol. The molecule has 0 heterocycles. The standard InChI is InChI=1S/C32H30BrCl2N3O6S2/c1-4-43-25-9-7-24(8-10-25)38(46(40,41)27-13-11-26(45-3)12-14-27)19-31(39)37-36-18-21-15-28(33)32(30(16-21)42-2)44-20-22-5-6-23(34)17-29(22)35/h5-18H,4,19-20H2,1-3H3,(H,37,39)/b36-18+. The molecule has 0 aliphatic carbocycles. The van der Waals surface area contributed by atoms with E-state index in [1.165, 1.54) is 37.2 Å². The van der Waals surface area contributed by atoms with Crippen LogP contribution >= 0.6 is 50.9 Å². The number of methoxy groups -OCH3 is 1. The van der Waals surface area contributed by atoms with Gasteiger partial charge in [0.15, 0.2) is 11.5 Å². The van der Waals surface area contributed by atoms with Gasteiger partial charge in [0.2, 0.25) is 0 Å². The first-order valence-electron chi connectivity index (χ1n) is 13.7. The van der Waals surface area contributed by atoms with Gasteiger partial charge in [-0.3, -0.25) is 9.10 Å². The third-order valence-corrected chi connectivity index (χ3v) is 10.1. The van der Waals surface area contributed by atoms with Crippen molar-refractivity contribution in [3.63, 3.8) is 0 Å². The summed E-state index contributed by atoms with van der Waals surface area (Å²) in [4.78, 5) is 14.0. The molecule has 0 saturated carbocycles. The van der Waals surface area contributed by atoms with Gasteiger partial charge in [-0.05, 0) is 107 Å². The fraction of sp³-hybridized carbons (Fsp3) is 0.188. The zero-order chi connectivity index (χ0) is 33.3. The zero-order valence-electron chi connectivity index (χ0n) is 25.0. The Morgan fingerprint density at radius 1 is 1.02 bits per heavy atom. The van der Waals surface area contributed by atoms with E-state index in [9.17, 15) is 13.2 Å². The molecule has 4 aromatic rings. The highest BCUT2D eigenvalue weighted by molar-refractivity contribution is 9.10. The van der Waals surface area contributed by atoms with E-state index < -0.39 is 22.5 Å². The molecule has 0 bridgehead atoms. The summed E-state index contributed by atoms with van der Waals surface area (Å²) in [6.07, 6.45) is 3.30. The Balaban J connectivity index is 1.50. The second-order valence-electron chi connectivity index (χ2n) is 9.47. The molecule has 0 aliphatic rings. The highest BCUT2D eigenvalue weighted by Gasteiger charge is 2.27. The number of carbonyl (C=O) groups excluding carboxylic acids is 1. The number of hydrazone groups is 1. The Morgan fingerprint density at radius 3 is 2.37 bits per heavy atom. The molecule has 1 amide bonds. The van der Waals surface area contributed by atoms with Crippen molar-refractivity contribution in [1.29, 1.82) is 0 Å². The second-order valence-corrected chi connectivity index (χ2v) is 13.9. The maximum Gasteiger partial charge on any atom is 0.264 e.